The van der Waals surface area contributed by atoms with Gasteiger partial charge in [0.05, 0.1) is 6.54 Å². The van der Waals surface area contributed by atoms with Crippen LogP contribution in [0.3, 0.4) is 0 Å². The largest absolute Gasteiger partial charge is 0.338 e. The van der Waals surface area contributed by atoms with E-state index >= 15 is 0 Å². The summed E-state index contributed by atoms with van der Waals surface area (Å²) in [5.41, 5.74) is 2.12. The Bertz CT molecular complexity index is 755. The van der Waals surface area contributed by atoms with Crippen molar-refractivity contribution >= 4 is 11.7 Å². The van der Waals surface area contributed by atoms with E-state index in [2.05, 4.69) is 40.0 Å². The van der Waals surface area contributed by atoms with Crippen molar-refractivity contribution in [1.82, 2.24) is 20.1 Å². The second-order valence-corrected chi connectivity index (χ2v) is 7.15. The summed E-state index contributed by atoms with van der Waals surface area (Å²) >= 11 is 0. The molecule has 1 aromatic carbocycles. The molecule has 6 nitrogen and oxygen atoms in total. The highest BCUT2D eigenvalue weighted by Crippen LogP contribution is 2.24. The lowest BCUT2D eigenvalue weighted by Crippen LogP contribution is -2.41. The average Bonchev–Trinajstić information content (AvgIpc) is 2.92. The molecular weight excluding hydrogens is 338 g/mol. The third-order valence-corrected chi connectivity index (χ3v) is 5.20. The number of hydrogen-bond acceptors (Lipinski definition) is 3. The van der Waals surface area contributed by atoms with Crippen molar-refractivity contribution in [2.45, 2.75) is 71.9 Å². The summed E-state index contributed by atoms with van der Waals surface area (Å²) < 4.78 is 2.22. The van der Waals surface area contributed by atoms with Gasteiger partial charge < -0.3 is 9.88 Å². The Kier molecular flexibility index (Phi) is 6.85. The molecule has 6 heteroatoms. The van der Waals surface area contributed by atoms with Crippen LogP contribution in [-0.4, -0.2) is 27.3 Å². The third kappa shape index (κ3) is 4.67. The van der Waals surface area contributed by atoms with Gasteiger partial charge >= 0.3 is 6.03 Å². The number of nitrogens with zero attached hydrogens (tertiary/aromatic N) is 4. The number of unbranched alkanes of at least 4 members (excludes halogenated alkanes) is 1. The zero-order valence-electron chi connectivity index (χ0n) is 16.6. The number of carbonyl (C=O) groups is 1. The maximum atomic E-state index is 13.0. The number of aromatic nitrogens is 3. The van der Waals surface area contributed by atoms with Crippen LogP contribution in [-0.2, 0) is 25.9 Å². The van der Waals surface area contributed by atoms with Gasteiger partial charge in [-0.2, -0.15) is 0 Å². The highest BCUT2D eigenvalue weighted by atomic mass is 16.2. The SMILES string of the molecule is CCCCNC(=O)N(Cc1nnc2n1CCCCC2)c1ccccc1CC. The number of aryl methyl sites for hydroxylation is 2. The predicted molar refractivity (Wildman–Crippen MR) is 108 cm³/mol. The van der Waals surface area contributed by atoms with Crippen LogP contribution < -0.4 is 10.2 Å². The van der Waals surface area contributed by atoms with Crippen LogP contribution >= 0.6 is 0 Å². The number of anilines is 1. The highest BCUT2D eigenvalue weighted by molar-refractivity contribution is 5.92. The van der Waals surface area contributed by atoms with Gasteiger partial charge in [-0.15, -0.1) is 10.2 Å². The van der Waals surface area contributed by atoms with Crippen molar-refractivity contribution in [2.24, 2.45) is 0 Å². The molecular formula is C21H31N5O. The van der Waals surface area contributed by atoms with Crippen LogP contribution in [0, 0.1) is 0 Å². The number of amides is 2. The van der Waals surface area contributed by atoms with E-state index in [-0.39, 0.29) is 6.03 Å². The molecule has 1 aromatic heterocycles. The molecule has 0 atom stereocenters. The summed E-state index contributed by atoms with van der Waals surface area (Å²) in [6, 6.07) is 8.07. The second-order valence-electron chi connectivity index (χ2n) is 7.15. The van der Waals surface area contributed by atoms with Crippen LogP contribution in [0.2, 0.25) is 0 Å². The standard InChI is InChI=1S/C21H31N5O/c1-3-5-14-22-21(27)26(18-12-9-8-11-17(18)4-2)16-20-24-23-19-13-7-6-10-15-25(19)20/h8-9,11-12H,3-7,10,13-16H2,1-2H3,(H,22,27). The van der Waals surface area contributed by atoms with Gasteiger partial charge in [-0.1, -0.05) is 44.9 Å². The Balaban J connectivity index is 1.88. The van der Waals surface area contributed by atoms with E-state index in [0.29, 0.717) is 13.1 Å². The number of urea groups is 1. The molecule has 0 saturated carbocycles. The summed E-state index contributed by atoms with van der Waals surface area (Å²) in [5.74, 6) is 1.93. The first-order valence-corrected chi connectivity index (χ1v) is 10.3. The molecule has 1 aliphatic heterocycles. The molecule has 3 rings (SSSR count). The highest BCUT2D eigenvalue weighted by Gasteiger charge is 2.23. The van der Waals surface area contributed by atoms with E-state index in [0.717, 1.165) is 62.4 Å². The molecule has 27 heavy (non-hydrogen) atoms. The molecule has 0 spiro atoms. The van der Waals surface area contributed by atoms with E-state index in [9.17, 15) is 4.79 Å². The summed E-state index contributed by atoms with van der Waals surface area (Å²) in [6.45, 7) is 6.33. The van der Waals surface area contributed by atoms with Crippen LogP contribution in [0.5, 0.6) is 0 Å². The van der Waals surface area contributed by atoms with Crippen LogP contribution in [0.1, 0.15) is 63.2 Å². The summed E-state index contributed by atoms with van der Waals surface area (Å²) in [6.07, 6.45) is 7.43. The minimum Gasteiger partial charge on any atom is -0.338 e. The Labute approximate surface area is 162 Å². The molecule has 2 amide bonds. The first-order valence-electron chi connectivity index (χ1n) is 10.3. The fourth-order valence-corrected chi connectivity index (χ4v) is 3.61. The van der Waals surface area contributed by atoms with E-state index in [1.54, 1.807) is 0 Å². The minimum atomic E-state index is -0.0599. The first-order chi connectivity index (χ1) is 13.2. The van der Waals surface area contributed by atoms with E-state index in [1.165, 1.54) is 12.0 Å². The van der Waals surface area contributed by atoms with Crippen molar-refractivity contribution in [1.29, 1.82) is 0 Å². The third-order valence-electron chi connectivity index (χ3n) is 5.20. The molecule has 0 fully saturated rings. The topological polar surface area (TPSA) is 63.1 Å². The molecule has 0 saturated heterocycles. The zero-order chi connectivity index (χ0) is 19.1. The number of benzene rings is 1. The maximum Gasteiger partial charge on any atom is 0.322 e. The van der Waals surface area contributed by atoms with Gasteiger partial charge in [0.1, 0.15) is 5.82 Å². The fraction of sp³-hybridized carbons (Fsp3) is 0.571. The molecule has 2 heterocycles. The number of fused-ring (bicyclic) bond motifs is 1. The van der Waals surface area contributed by atoms with Crippen molar-refractivity contribution in [3.8, 4) is 0 Å². The number of para-hydroxylation sites is 1. The molecule has 1 N–H and O–H groups in total. The van der Waals surface area contributed by atoms with Gasteiger partial charge in [0.25, 0.3) is 0 Å². The van der Waals surface area contributed by atoms with Gasteiger partial charge in [-0.05, 0) is 37.3 Å². The second kappa shape index (κ2) is 9.53. The van der Waals surface area contributed by atoms with Gasteiger partial charge in [-0.3, -0.25) is 4.90 Å². The van der Waals surface area contributed by atoms with Crippen molar-refractivity contribution in [3.63, 3.8) is 0 Å². The normalized spacial score (nSPS) is 13.7. The van der Waals surface area contributed by atoms with E-state index < -0.39 is 0 Å². The monoisotopic (exact) mass is 369 g/mol. The molecule has 0 aliphatic carbocycles. The number of carbonyl (C=O) groups excluding carboxylic acids is 1. The lowest BCUT2D eigenvalue weighted by molar-refractivity contribution is 0.245. The van der Waals surface area contributed by atoms with Gasteiger partial charge in [-0.25, -0.2) is 4.79 Å². The summed E-state index contributed by atoms with van der Waals surface area (Å²) in [5, 5.41) is 11.9. The average molecular weight is 370 g/mol. The Morgan fingerprint density at radius 3 is 2.85 bits per heavy atom. The van der Waals surface area contributed by atoms with Gasteiger partial charge in [0.15, 0.2) is 5.82 Å². The smallest absolute Gasteiger partial charge is 0.322 e. The zero-order valence-corrected chi connectivity index (χ0v) is 16.6. The lowest BCUT2D eigenvalue weighted by atomic mass is 10.1. The molecule has 146 valence electrons. The fourth-order valence-electron chi connectivity index (χ4n) is 3.61. The van der Waals surface area contributed by atoms with Crippen molar-refractivity contribution < 1.29 is 4.79 Å². The van der Waals surface area contributed by atoms with Gasteiger partial charge in [0, 0.05) is 25.2 Å². The summed E-state index contributed by atoms with van der Waals surface area (Å²) in [4.78, 5) is 14.8. The molecule has 1 aliphatic rings. The van der Waals surface area contributed by atoms with Crippen LogP contribution in [0.4, 0.5) is 10.5 Å². The number of nitrogens with one attached hydrogen (secondary N) is 1. The van der Waals surface area contributed by atoms with E-state index in [4.69, 9.17) is 0 Å². The number of rotatable bonds is 7. The lowest BCUT2D eigenvalue weighted by Gasteiger charge is -2.25. The summed E-state index contributed by atoms with van der Waals surface area (Å²) in [7, 11) is 0. The maximum absolute atomic E-state index is 13.0. The van der Waals surface area contributed by atoms with Crippen molar-refractivity contribution in [3.05, 3.63) is 41.5 Å². The first kappa shape index (κ1) is 19.4. The minimum absolute atomic E-state index is 0.0599. The number of hydrogen-bond donors (Lipinski definition) is 1. The van der Waals surface area contributed by atoms with E-state index in [1.807, 2.05) is 23.1 Å². The van der Waals surface area contributed by atoms with Crippen LogP contribution in [0.15, 0.2) is 24.3 Å². The Hall–Kier alpha value is -2.37. The Morgan fingerprint density at radius 1 is 1.19 bits per heavy atom. The Morgan fingerprint density at radius 2 is 2.04 bits per heavy atom. The molecule has 0 unspecified atom stereocenters. The van der Waals surface area contributed by atoms with Crippen LogP contribution in [0.25, 0.3) is 0 Å². The van der Waals surface area contributed by atoms with Crippen molar-refractivity contribution in [2.75, 3.05) is 11.4 Å². The molecule has 2 aromatic rings. The van der Waals surface area contributed by atoms with Gasteiger partial charge in [0.2, 0.25) is 0 Å². The molecule has 0 bridgehead atoms. The molecule has 0 radical (unpaired) electrons. The predicted octanol–water partition coefficient (Wildman–Crippen LogP) is 4.08. The quantitative estimate of drug-likeness (QED) is 0.748.